The highest BCUT2D eigenvalue weighted by atomic mass is 31.2. The van der Waals surface area contributed by atoms with Gasteiger partial charge in [0.25, 0.3) is 0 Å². The number of esters is 4. The van der Waals surface area contributed by atoms with Crippen LogP contribution in [0.5, 0.6) is 0 Å². The van der Waals surface area contributed by atoms with Gasteiger partial charge in [0, 0.05) is 25.7 Å². The van der Waals surface area contributed by atoms with Gasteiger partial charge in [0.15, 0.2) is 12.2 Å². The number of phosphoric ester groups is 2. The third-order valence-corrected chi connectivity index (χ3v) is 15.2. The summed E-state index contributed by atoms with van der Waals surface area (Å²) in [5, 5.41) is 10.5. The summed E-state index contributed by atoms with van der Waals surface area (Å²) < 4.78 is 67.4. The van der Waals surface area contributed by atoms with Gasteiger partial charge in [-0.3, -0.25) is 37.3 Å². The Morgan fingerprint density at radius 2 is 0.671 bits per heavy atom. The van der Waals surface area contributed by atoms with Crippen LogP contribution in [0.15, 0.2) is 0 Å². The largest absolute Gasteiger partial charge is 0.472 e. The van der Waals surface area contributed by atoms with Gasteiger partial charge in [-0.1, -0.05) is 221 Å². The average Bonchev–Trinajstić information content (AvgIpc) is 3.38. The second-order valence-electron chi connectivity index (χ2n) is 21.4. The van der Waals surface area contributed by atoms with Crippen LogP contribution in [-0.2, 0) is 65.4 Å². The molecule has 17 nitrogen and oxygen atoms in total. The predicted molar refractivity (Wildman–Crippen MR) is 298 cm³/mol. The molecular weight excluding hydrogens is 1020 g/mol. The molecule has 0 saturated heterocycles. The second-order valence-corrected chi connectivity index (χ2v) is 24.3. The van der Waals surface area contributed by atoms with Crippen molar-refractivity contribution in [2.75, 3.05) is 39.6 Å². The molecule has 0 radical (unpaired) electrons. The van der Waals surface area contributed by atoms with Crippen molar-refractivity contribution in [3.05, 3.63) is 0 Å². The first-order chi connectivity index (χ1) is 36.4. The molecule has 76 heavy (non-hydrogen) atoms. The Morgan fingerprint density at radius 1 is 0.382 bits per heavy atom. The molecule has 450 valence electrons. The van der Waals surface area contributed by atoms with Crippen LogP contribution in [0.1, 0.15) is 273 Å². The second kappa shape index (κ2) is 50.1. The first-order valence-electron chi connectivity index (χ1n) is 30.0. The van der Waals surface area contributed by atoms with Crippen LogP contribution < -0.4 is 0 Å². The first kappa shape index (κ1) is 74.1. The molecule has 0 aromatic carbocycles. The number of carbonyl (C=O) groups excluding carboxylic acids is 4. The van der Waals surface area contributed by atoms with Gasteiger partial charge >= 0.3 is 39.5 Å². The van der Waals surface area contributed by atoms with Crippen LogP contribution in [0.3, 0.4) is 0 Å². The monoisotopic (exact) mass is 1130 g/mol. The maximum Gasteiger partial charge on any atom is 0.472 e. The highest BCUT2D eigenvalue weighted by molar-refractivity contribution is 7.47. The van der Waals surface area contributed by atoms with E-state index < -0.39 is 97.5 Å². The van der Waals surface area contributed by atoms with E-state index >= 15 is 0 Å². The normalized spacial score (nSPS) is 14.9. The van der Waals surface area contributed by atoms with Gasteiger partial charge in [0.2, 0.25) is 0 Å². The number of aliphatic hydroxyl groups is 1. The number of rotatable bonds is 56. The van der Waals surface area contributed by atoms with E-state index in [1.807, 2.05) is 0 Å². The highest BCUT2D eigenvalue weighted by Crippen LogP contribution is 2.45. The van der Waals surface area contributed by atoms with Gasteiger partial charge in [-0.25, -0.2) is 9.13 Å². The minimum absolute atomic E-state index is 0.103. The summed E-state index contributed by atoms with van der Waals surface area (Å²) >= 11 is 0. The maximum atomic E-state index is 12.9. The van der Waals surface area contributed by atoms with Crippen molar-refractivity contribution in [1.29, 1.82) is 0 Å². The van der Waals surface area contributed by atoms with Gasteiger partial charge < -0.3 is 33.8 Å². The van der Waals surface area contributed by atoms with Gasteiger partial charge in [0.1, 0.15) is 19.3 Å². The van der Waals surface area contributed by atoms with Crippen LogP contribution >= 0.6 is 15.6 Å². The van der Waals surface area contributed by atoms with Crippen LogP contribution in [0, 0.1) is 11.8 Å². The average molecular weight is 1130 g/mol. The molecule has 0 aliphatic rings. The van der Waals surface area contributed by atoms with Crippen molar-refractivity contribution in [3.8, 4) is 0 Å². The third kappa shape index (κ3) is 50.3. The number of carbonyl (C=O) groups is 4. The standard InChI is InChI=1S/C57H110O17P2/c1-7-10-12-14-15-21-29-35-41-56(61)73-52(45-67-54(59)39-33-25-13-11-8-2)47-71-75(63,64)69-43-51(58)44-70-76(65,66)72-48-53(46-68-55(60)40-34-28-24-23-26-31-37-49(4)5)74-57(62)42-36-30-22-19-17-16-18-20-27-32-38-50(6)9-3/h49-53,58H,7-48H2,1-6H3,(H,63,64)(H,65,66)/t50?,51-,52+,53+/m0/s1. The molecule has 0 aliphatic carbocycles. The fraction of sp³-hybridized carbons (Fsp3) is 0.930. The Bertz CT molecular complexity index is 1520. The van der Waals surface area contributed by atoms with Crippen molar-refractivity contribution in [1.82, 2.24) is 0 Å². The molecule has 0 aromatic rings. The van der Waals surface area contributed by atoms with E-state index in [0.717, 1.165) is 115 Å². The zero-order chi connectivity index (χ0) is 56.6. The molecule has 19 heteroatoms. The van der Waals surface area contributed by atoms with E-state index in [-0.39, 0.29) is 25.7 Å². The molecule has 0 saturated carbocycles. The molecule has 0 amide bonds. The van der Waals surface area contributed by atoms with E-state index in [1.54, 1.807) is 0 Å². The number of aliphatic hydroxyl groups excluding tert-OH is 1. The summed E-state index contributed by atoms with van der Waals surface area (Å²) in [6.45, 7) is 9.26. The lowest BCUT2D eigenvalue weighted by atomic mass is 9.99. The molecule has 0 rings (SSSR count). The van der Waals surface area contributed by atoms with Crippen LogP contribution in [-0.4, -0.2) is 96.7 Å². The Hall–Kier alpha value is -1.94. The molecule has 3 N–H and O–H groups in total. The van der Waals surface area contributed by atoms with Gasteiger partial charge in [-0.15, -0.1) is 0 Å². The van der Waals surface area contributed by atoms with Crippen molar-refractivity contribution in [2.24, 2.45) is 11.8 Å². The van der Waals surface area contributed by atoms with E-state index in [4.69, 9.17) is 37.0 Å². The molecule has 0 fully saturated rings. The smallest absolute Gasteiger partial charge is 0.462 e. The minimum Gasteiger partial charge on any atom is -0.462 e. The summed E-state index contributed by atoms with van der Waals surface area (Å²) in [7, 11) is -9.86. The number of hydrogen-bond donors (Lipinski definition) is 3. The van der Waals surface area contributed by atoms with E-state index in [9.17, 15) is 43.2 Å². The quantitative estimate of drug-likeness (QED) is 0.0222. The topological polar surface area (TPSA) is 237 Å². The fourth-order valence-corrected chi connectivity index (χ4v) is 9.84. The van der Waals surface area contributed by atoms with Crippen LogP contribution in [0.25, 0.3) is 0 Å². The molecule has 0 bridgehead atoms. The van der Waals surface area contributed by atoms with Crippen LogP contribution in [0.4, 0.5) is 0 Å². The number of unbranched alkanes of at least 4 members (excludes halogenated alkanes) is 25. The Labute approximate surface area is 460 Å². The summed E-state index contributed by atoms with van der Waals surface area (Å²) in [4.78, 5) is 71.5. The van der Waals surface area contributed by atoms with Crippen molar-refractivity contribution in [2.45, 2.75) is 291 Å². The Kier molecular flexibility index (Phi) is 48.8. The highest BCUT2D eigenvalue weighted by Gasteiger charge is 2.30. The van der Waals surface area contributed by atoms with Gasteiger partial charge in [0.05, 0.1) is 26.4 Å². The van der Waals surface area contributed by atoms with Gasteiger partial charge in [-0.05, 0) is 37.5 Å². The molecule has 3 unspecified atom stereocenters. The summed E-state index contributed by atoms with van der Waals surface area (Å²) in [6, 6.07) is 0. The molecular formula is C57H110O17P2. The lowest BCUT2D eigenvalue weighted by Gasteiger charge is -2.21. The number of hydrogen-bond acceptors (Lipinski definition) is 15. The van der Waals surface area contributed by atoms with Crippen LogP contribution in [0.2, 0.25) is 0 Å². The summed E-state index contributed by atoms with van der Waals surface area (Å²) in [5.41, 5.74) is 0. The van der Waals surface area contributed by atoms with Crippen molar-refractivity contribution < 1.29 is 80.2 Å². The summed E-state index contributed by atoms with van der Waals surface area (Å²) in [5.74, 6) is -0.677. The third-order valence-electron chi connectivity index (χ3n) is 13.3. The molecule has 0 spiro atoms. The number of ether oxygens (including phenoxy) is 4. The zero-order valence-corrected chi connectivity index (χ0v) is 50.3. The van der Waals surface area contributed by atoms with E-state index in [1.165, 1.54) is 70.6 Å². The van der Waals surface area contributed by atoms with Gasteiger partial charge in [-0.2, -0.15) is 0 Å². The van der Waals surface area contributed by atoms with Crippen molar-refractivity contribution >= 4 is 39.5 Å². The first-order valence-corrected chi connectivity index (χ1v) is 33.0. The number of phosphoric acid groups is 2. The molecule has 0 aliphatic heterocycles. The maximum absolute atomic E-state index is 12.9. The lowest BCUT2D eigenvalue weighted by molar-refractivity contribution is -0.161. The van der Waals surface area contributed by atoms with E-state index in [0.29, 0.717) is 31.6 Å². The van der Waals surface area contributed by atoms with Crippen molar-refractivity contribution in [3.63, 3.8) is 0 Å². The Morgan fingerprint density at radius 3 is 1.00 bits per heavy atom. The fourth-order valence-electron chi connectivity index (χ4n) is 8.26. The zero-order valence-electron chi connectivity index (χ0n) is 48.5. The minimum atomic E-state index is -4.94. The summed E-state index contributed by atoms with van der Waals surface area (Å²) in [6.07, 6.45) is 29.8. The van der Waals surface area contributed by atoms with E-state index in [2.05, 4.69) is 41.5 Å². The molecule has 0 heterocycles. The predicted octanol–water partition coefficient (Wildman–Crippen LogP) is 14.9. The Balaban J connectivity index is 5.17. The SMILES string of the molecule is CCCCCCCCCCC(=O)O[C@H](COC(=O)CCCCCCC)COP(=O)(O)OC[C@H](O)COP(=O)(O)OC[C@@H](COC(=O)CCCCCCCCC(C)C)OC(=O)CCCCCCCCCCCCC(C)CC. The molecule has 0 aromatic heterocycles. The lowest BCUT2D eigenvalue weighted by Crippen LogP contribution is -2.30. The molecule has 6 atom stereocenters.